The number of halogens is 3. The molecule has 0 radical (unpaired) electrons. The number of hydrogen-bond acceptors (Lipinski definition) is 4. The molecule has 0 bridgehead atoms. The molecule has 0 unspecified atom stereocenters. The van der Waals surface area contributed by atoms with Crippen LogP contribution in [0, 0.1) is 4.91 Å². The van der Waals surface area contributed by atoms with Gasteiger partial charge in [-0.2, -0.15) is 13.2 Å². The Hall–Kier alpha value is -1.72. The van der Waals surface area contributed by atoms with E-state index in [9.17, 15) is 26.5 Å². The van der Waals surface area contributed by atoms with Gasteiger partial charge in [0.2, 0.25) is 0 Å². The molecular weight excluding hydrogens is 281 g/mol. The van der Waals surface area contributed by atoms with Crippen molar-refractivity contribution in [2.75, 3.05) is 0 Å². The number of rotatable bonds is 3. The van der Waals surface area contributed by atoms with Crippen molar-refractivity contribution in [3.63, 3.8) is 0 Å². The zero-order valence-corrected chi connectivity index (χ0v) is 9.16. The average molecular weight is 287 g/mol. The minimum Gasteiger partial charge on any atom is -0.302 e. The fourth-order valence-corrected chi connectivity index (χ4v) is 1.88. The third kappa shape index (κ3) is 2.75. The highest BCUT2D eigenvalue weighted by Gasteiger charge is 2.36. The quantitative estimate of drug-likeness (QED) is 0.723. The molecule has 0 spiro atoms. The molecule has 0 heterocycles. The maximum absolute atomic E-state index is 12.3. The lowest BCUT2D eigenvalue weighted by Gasteiger charge is -2.07. The summed E-state index contributed by atoms with van der Waals surface area (Å²) in [5, 5.41) is 16.9. The summed E-state index contributed by atoms with van der Waals surface area (Å²) in [7, 11) is -4.60. The smallest absolute Gasteiger partial charge is 0.302 e. The van der Waals surface area contributed by atoms with Crippen LogP contribution in [0.5, 0.6) is 0 Å². The highest BCUT2D eigenvalue weighted by atomic mass is 32.2. The Balaban J connectivity index is 3.54. The lowest BCUT2D eigenvalue weighted by molar-refractivity contribution is -0.731. The Kier molecular flexibility index (Phi) is 3.59. The third-order valence-electron chi connectivity index (χ3n) is 1.90. The molecule has 0 amide bonds. The van der Waals surface area contributed by atoms with E-state index in [0.717, 1.165) is 4.89 Å². The summed E-state index contributed by atoms with van der Waals surface area (Å²) in [5.41, 5.74) is -2.50. The second-order valence-electron chi connectivity index (χ2n) is 3.05. The van der Waals surface area contributed by atoms with Crippen LogP contribution in [-0.2, 0) is 16.2 Å². The van der Waals surface area contributed by atoms with Gasteiger partial charge in [-0.3, -0.25) is 0 Å². The first-order valence-electron chi connectivity index (χ1n) is 4.13. The predicted octanol–water partition coefficient (Wildman–Crippen LogP) is 1.17. The van der Waals surface area contributed by atoms with E-state index in [0.29, 0.717) is 12.1 Å². The van der Waals surface area contributed by atoms with Gasteiger partial charge in [0.1, 0.15) is 0 Å². The van der Waals surface area contributed by atoms with E-state index in [4.69, 9.17) is 10.4 Å². The van der Waals surface area contributed by atoms with E-state index in [-0.39, 0.29) is 6.07 Å². The fourth-order valence-electron chi connectivity index (χ4n) is 1.12. The third-order valence-corrected chi connectivity index (χ3v) is 3.07. The highest BCUT2D eigenvalue weighted by Crippen LogP contribution is 2.34. The Labute approximate surface area is 98.0 Å². The van der Waals surface area contributed by atoms with Crippen LogP contribution in [0.2, 0.25) is 0 Å². The average Bonchev–Trinajstić information content (AvgIpc) is 2.27. The van der Waals surface area contributed by atoms with E-state index in [1.54, 1.807) is 0 Å². The van der Waals surface area contributed by atoms with Crippen molar-refractivity contribution in [3.8, 4) is 0 Å². The number of nitrogens with zero attached hydrogens (tertiary/aromatic N) is 1. The molecule has 18 heavy (non-hydrogen) atoms. The summed E-state index contributed by atoms with van der Waals surface area (Å²) in [6, 6.07) is 0.951. The number of nitrogens with one attached hydrogen (secondary N) is 1. The van der Waals surface area contributed by atoms with Crippen molar-refractivity contribution in [1.29, 1.82) is 0 Å². The minimum absolute atomic E-state index is 0.136. The molecule has 0 atom stereocenters. The second kappa shape index (κ2) is 4.51. The minimum atomic E-state index is -4.82. The van der Waals surface area contributed by atoms with Gasteiger partial charge in [-0.25, -0.2) is 13.6 Å². The molecule has 0 aliphatic heterocycles. The van der Waals surface area contributed by atoms with Crippen molar-refractivity contribution in [3.05, 3.63) is 28.7 Å². The van der Waals surface area contributed by atoms with Crippen LogP contribution in [0.4, 0.5) is 18.9 Å². The first kappa shape index (κ1) is 14.3. The van der Waals surface area contributed by atoms with Crippen LogP contribution in [0.15, 0.2) is 23.1 Å². The molecule has 0 aliphatic carbocycles. The maximum Gasteiger partial charge on any atom is 0.416 e. The molecule has 0 aliphatic rings. The molecule has 0 fully saturated rings. The Morgan fingerprint density at radius 2 is 1.83 bits per heavy atom. The number of benzene rings is 1. The van der Waals surface area contributed by atoms with Gasteiger partial charge in [-0.15, -0.1) is 0 Å². The Bertz CT molecular complexity index is 583. The summed E-state index contributed by atoms with van der Waals surface area (Å²) >= 11 is 0. The molecular formula is C7H6F3N2O5S+. The van der Waals surface area contributed by atoms with Crippen LogP contribution in [0.3, 0.4) is 0 Å². The molecule has 0 saturated carbocycles. The molecule has 1 aromatic carbocycles. The van der Waals surface area contributed by atoms with Crippen molar-refractivity contribution in [1.82, 2.24) is 4.89 Å². The SMILES string of the molecule is O=[N+](O)c1cc(C(F)(F)F)ccc1S(=O)(=O)NO. The Morgan fingerprint density at radius 1 is 1.28 bits per heavy atom. The van der Waals surface area contributed by atoms with Crippen LogP contribution >= 0.6 is 0 Å². The van der Waals surface area contributed by atoms with Gasteiger partial charge in [-0.1, -0.05) is 4.89 Å². The largest absolute Gasteiger partial charge is 0.416 e. The van der Waals surface area contributed by atoms with Gasteiger partial charge in [0.15, 0.2) is 4.90 Å². The normalized spacial score (nSPS) is 12.4. The van der Waals surface area contributed by atoms with Crippen LogP contribution in [0.1, 0.15) is 5.56 Å². The van der Waals surface area contributed by atoms with Crippen molar-refractivity contribution >= 4 is 15.7 Å². The van der Waals surface area contributed by atoms with E-state index in [2.05, 4.69) is 0 Å². The zero-order valence-electron chi connectivity index (χ0n) is 8.34. The number of hydrogen-bond donors (Lipinski definition) is 3. The molecule has 0 aromatic heterocycles. The van der Waals surface area contributed by atoms with Gasteiger partial charge in [-0.05, 0) is 12.1 Å². The van der Waals surface area contributed by atoms with E-state index >= 15 is 0 Å². The Morgan fingerprint density at radius 3 is 2.22 bits per heavy atom. The summed E-state index contributed by atoms with van der Waals surface area (Å²) in [6.07, 6.45) is -4.82. The first-order chi connectivity index (χ1) is 8.09. The van der Waals surface area contributed by atoms with Crippen LogP contribution < -0.4 is 4.89 Å². The monoisotopic (exact) mass is 287 g/mol. The van der Waals surface area contributed by atoms with Gasteiger partial charge in [0, 0.05) is 6.07 Å². The standard InChI is InChI=1S/C7H6F3N2O5S/c8-7(9,10)4-1-2-6(18(16,17)11-13)5(3-4)12(14)15/h1-3,11,13H,(H,14,15)/q+1. The molecule has 7 nitrogen and oxygen atoms in total. The number of alkyl halides is 3. The van der Waals surface area contributed by atoms with Crippen LogP contribution in [-0.4, -0.2) is 23.8 Å². The van der Waals surface area contributed by atoms with Gasteiger partial charge in [0.05, 0.1) is 10.5 Å². The number of sulfonamides is 1. The summed E-state index contributed by atoms with van der Waals surface area (Å²) in [5.74, 6) is 0. The zero-order chi connectivity index (χ0) is 14.1. The maximum atomic E-state index is 12.3. The van der Waals surface area contributed by atoms with Crippen molar-refractivity contribution in [2.45, 2.75) is 11.1 Å². The molecule has 100 valence electrons. The first-order valence-corrected chi connectivity index (χ1v) is 5.61. The molecule has 1 aromatic rings. The lowest BCUT2D eigenvalue weighted by atomic mass is 10.2. The van der Waals surface area contributed by atoms with Crippen molar-refractivity contribution in [2.24, 2.45) is 0 Å². The van der Waals surface area contributed by atoms with E-state index in [1.165, 1.54) is 0 Å². The fraction of sp³-hybridized carbons (Fsp3) is 0.143. The van der Waals surface area contributed by atoms with Crippen molar-refractivity contribution < 1.29 is 36.9 Å². The highest BCUT2D eigenvalue weighted by molar-refractivity contribution is 7.89. The summed E-state index contributed by atoms with van der Waals surface area (Å²) in [6.45, 7) is 0. The van der Waals surface area contributed by atoms with Gasteiger partial charge < -0.3 is 5.21 Å². The second-order valence-corrected chi connectivity index (χ2v) is 4.68. The van der Waals surface area contributed by atoms with Gasteiger partial charge >= 0.3 is 11.9 Å². The van der Waals surface area contributed by atoms with E-state index < -0.39 is 37.3 Å². The van der Waals surface area contributed by atoms with E-state index in [1.807, 2.05) is 0 Å². The summed E-state index contributed by atoms with van der Waals surface area (Å²) in [4.78, 5) is 9.42. The van der Waals surface area contributed by atoms with Crippen LogP contribution in [0.25, 0.3) is 0 Å². The van der Waals surface area contributed by atoms with Gasteiger partial charge in [0.25, 0.3) is 14.9 Å². The predicted molar refractivity (Wildman–Crippen MR) is 48.6 cm³/mol. The molecule has 1 rings (SSSR count). The molecule has 3 N–H and O–H groups in total. The topological polar surface area (TPSA) is 107 Å². The molecule has 0 saturated heterocycles. The molecule has 11 heteroatoms. The summed E-state index contributed by atoms with van der Waals surface area (Å²) < 4.78 is 59.3. The lowest BCUT2D eigenvalue weighted by Crippen LogP contribution is -2.21.